The highest BCUT2D eigenvalue weighted by Gasteiger charge is 2.41. The molecule has 1 heterocycles. The van der Waals surface area contributed by atoms with Crippen LogP contribution in [0.4, 0.5) is 0 Å². The number of carbonyl (C=O) groups excluding carboxylic acids is 1. The zero-order chi connectivity index (χ0) is 18.4. The molecule has 2 aromatic rings. The molecule has 25 heavy (non-hydrogen) atoms. The van der Waals surface area contributed by atoms with E-state index in [0.29, 0.717) is 17.2 Å². The Morgan fingerprint density at radius 3 is 2.56 bits per heavy atom. The first kappa shape index (κ1) is 19.7. The summed E-state index contributed by atoms with van der Waals surface area (Å²) in [7, 11) is 0. The maximum atomic E-state index is 12.7. The van der Waals surface area contributed by atoms with E-state index in [1.807, 2.05) is 39.0 Å². The fourth-order valence-electron chi connectivity index (χ4n) is 3.04. The maximum Gasteiger partial charge on any atom is 0.325 e. The zero-order valence-electron chi connectivity index (χ0n) is 14.7. The van der Waals surface area contributed by atoms with Crippen molar-refractivity contribution in [3.05, 3.63) is 23.8 Å². The number of hydrogen-bond acceptors (Lipinski definition) is 6. The van der Waals surface area contributed by atoms with Crippen molar-refractivity contribution in [1.29, 1.82) is 0 Å². The molecule has 7 heteroatoms. The number of fused-ring (bicyclic) bond motifs is 1. The van der Waals surface area contributed by atoms with E-state index in [1.165, 1.54) is 11.3 Å². The van der Waals surface area contributed by atoms with E-state index in [1.54, 1.807) is 0 Å². The molecule has 0 fully saturated rings. The van der Waals surface area contributed by atoms with Gasteiger partial charge in [-0.3, -0.25) is 9.59 Å². The summed E-state index contributed by atoms with van der Waals surface area (Å²) in [5.41, 5.74) is 1.04. The van der Waals surface area contributed by atoms with Gasteiger partial charge >= 0.3 is 11.9 Å². The minimum absolute atomic E-state index is 0.201. The van der Waals surface area contributed by atoms with Gasteiger partial charge in [0, 0.05) is 0 Å². The lowest BCUT2D eigenvalue weighted by Crippen LogP contribution is -2.34. The van der Waals surface area contributed by atoms with E-state index in [4.69, 9.17) is 4.18 Å². The molecule has 5 nitrogen and oxygen atoms in total. The van der Waals surface area contributed by atoms with Crippen LogP contribution in [0.15, 0.2) is 22.5 Å². The molecule has 0 radical (unpaired) electrons. The topological polar surface area (TPSA) is 76.5 Å². The first-order chi connectivity index (χ1) is 11.9. The molecule has 0 saturated carbocycles. The Balaban J connectivity index is 2.14. The Kier molecular flexibility index (Phi) is 6.84. The van der Waals surface area contributed by atoms with Gasteiger partial charge in [0.25, 0.3) is 0 Å². The van der Waals surface area contributed by atoms with Crippen molar-refractivity contribution in [3.63, 3.8) is 0 Å². The van der Waals surface area contributed by atoms with Crippen molar-refractivity contribution in [2.45, 2.75) is 57.2 Å². The maximum absolute atomic E-state index is 12.7. The van der Waals surface area contributed by atoms with Crippen molar-refractivity contribution in [1.82, 2.24) is 4.98 Å². The standard InChI is InChI=1S/C18H23NO4S2/c1-4-8-18(9-5-2,11-15(20)21)16(22)23-25-17-19-13-10-12(3)6-7-14(13)24-17/h6-7,10H,4-5,8-9,11H2,1-3H3,(H,20,21). The van der Waals surface area contributed by atoms with Gasteiger partial charge in [-0.25, -0.2) is 4.98 Å². The van der Waals surface area contributed by atoms with Crippen molar-refractivity contribution in [2.75, 3.05) is 0 Å². The second-order valence-electron chi connectivity index (χ2n) is 6.26. The Hall–Kier alpha value is -1.60. The number of hydrogen-bond donors (Lipinski definition) is 1. The van der Waals surface area contributed by atoms with Gasteiger partial charge in [0.05, 0.1) is 22.1 Å². The fourth-order valence-corrected chi connectivity index (χ4v) is 4.68. The number of thiazole rings is 1. The van der Waals surface area contributed by atoms with Crippen molar-refractivity contribution < 1.29 is 18.9 Å². The molecule has 0 saturated heterocycles. The lowest BCUT2D eigenvalue weighted by atomic mass is 9.76. The van der Waals surface area contributed by atoms with Crippen molar-refractivity contribution in [3.8, 4) is 0 Å². The van der Waals surface area contributed by atoms with Gasteiger partial charge in [-0.1, -0.05) is 32.8 Å². The highest BCUT2D eigenvalue weighted by molar-refractivity contribution is 7.97. The molecular weight excluding hydrogens is 358 g/mol. The van der Waals surface area contributed by atoms with Crippen LogP contribution >= 0.6 is 23.4 Å². The third-order valence-electron chi connectivity index (χ3n) is 4.09. The smallest absolute Gasteiger partial charge is 0.325 e. The lowest BCUT2D eigenvalue weighted by molar-refractivity contribution is -0.153. The molecule has 1 aromatic carbocycles. The third-order valence-corrected chi connectivity index (χ3v) is 5.85. The van der Waals surface area contributed by atoms with E-state index in [-0.39, 0.29) is 6.42 Å². The first-order valence-electron chi connectivity index (χ1n) is 8.38. The van der Waals surface area contributed by atoms with Gasteiger partial charge in [0.1, 0.15) is 12.0 Å². The quantitative estimate of drug-likeness (QED) is 0.600. The van der Waals surface area contributed by atoms with Crippen LogP contribution in [0, 0.1) is 12.3 Å². The molecule has 0 aliphatic heterocycles. The number of aliphatic carboxylic acids is 1. The van der Waals surface area contributed by atoms with Gasteiger partial charge in [0.2, 0.25) is 0 Å². The minimum Gasteiger partial charge on any atom is -0.481 e. The molecule has 0 spiro atoms. The number of carboxylic acid groups (broad SMARTS) is 1. The molecular formula is C18H23NO4S2. The van der Waals surface area contributed by atoms with Crippen LogP contribution in [0.3, 0.4) is 0 Å². The van der Waals surface area contributed by atoms with E-state index in [0.717, 1.165) is 40.7 Å². The van der Waals surface area contributed by atoms with Gasteiger partial charge in [0.15, 0.2) is 4.34 Å². The molecule has 0 aliphatic rings. The van der Waals surface area contributed by atoms with Gasteiger partial charge < -0.3 is 9.29 Å². The van der Waals surface area contributed by atoms with Crippen molar-refractivity contribution >= 4 is 45.5 Å². The summed E-state index contributed by atoms with van der Waals surface area (Å²) in [6.45, 7) is 5.90. The SMILES string of the molecule is CCCC(CCC)(CC(=O)O)C(=O)OSc1nc2cc(C)ccc2s1. The Labute approximate surface area is 156 Å². The van der Waals surface area contributed by atoms with Crippen LogP contribution in [0.25, 0.3) is 10.2 Å². The van der Waals surface area contributed by atoms with E-state index in [2.05, 4.69) is 4.98 Å². The number of nitrogens with zero attached hydrogens (tertiary/aromatic N) is 1. The number of rotatable bonds is 9. The monoisotopic (exact) mass is 381 g/mol. The average Bonchev–Trinajstić information content (AvgIpc) is 2.94. The van der Waals surface area contributed by atoms with Crippen LogP contribution in [0.2, 0.25) is 0 Å². The summed E-state index contributed by atoms with van der Waals surface area (Å²) in [5.74, 6) is -1.43. The Bertz CT molecular complexity index is 751. The number of aryl methyl sites for hydroxylation is 1. The molecule has 2 rings (SSSR count). The summed E-state index contributed by atoms with van der Waals surface area (Å²) >= 11 is 2.39. The summed E-state index contributed by atoms with van der Waals surface area (Å²) in [6.07, 6.45) is 2.27. The molecule has 0 atom stereocenters. The Morgan fingerprint density at radius 1 is 1.28 bits per heavy atom. The highest BCUT2D eigenvalue weighted by atomic mass is 32.2. The predicted molar refractivity (Wildman–Crippen MR) is 101 cm³/mol. The second kappa shape index (κ2) is 8.67. The first-order valence-corrected chi connectivity index (χ1v) is 9.94. The van der Waals surface area contributed by atoms with Crippen LogP contribution in [-0.4, -0.2) is 22.0 Å². The predicted octanol–water partition coefficient (Wildman–Crippen LogP) is 5.22. The number of carbonyl (C=O) groups is 2. The molecule has 1 aromatic heterocycles. The van der Waals surface area contributed by atoms with E-state index >= 15 is 0 Å². The van der Waals surface area contributed by atoms with E-state index in [9.17, 15) is 14.7 Å². The van der Waals surface area contributed by atoms with Crippen LogP contribution < -0.4 is 0 Å². The minimum atomic E-state index is -0.973. The van der Waals surface area contributed by atoms with Crippen molar-refractivity contribution in [2.24, 2.45) is 5.41 Å². The summed E-state index contributed by atoms with van der Waals surface area (Å²) in [6, 6.07) is 6.00. The molecule has 136 valence electrons. The second-order valence-corrected chi connectivity index (χ2v) is 8.27. The molecule has 0 aliphatic carbocycles. The fraction of sp³-hybridized carbons (Fsp3) is 0.500. The number of carboxylic acids is 1. The molecule has 0 amide bonds. The van der Waals surface area contributed by atoms with Gasteiger partial charge in [-0.05, 0) is 37.5 Å². The molecule has 1 N–H and O–H groups in total. The zero-order valence-corrected chi connectivity index (χ0v) is 16.3. The molecule has 0 bridgehead atoms. The number of benzene rings is 1. The number of aromatic nitrogens is 1. The summed E-state index contributed by atoms with van der Waals surface area (Å²) < 4.78 is 7.10. The van der Waals surface area contributed by atoms with Gasteiger partial charge in [-0.15, -0.1) is 11.3 Å². The summed E-state index contributed by atoms with van der Waals surface area (Å²) in [5, 5.41) is 9.23. The van der Waals surface area contributed by atoms with E-state index < -0.39 is 17.4 Å². The largest absolute Gasteiger partial charge is 0.481 e. The van der Waals surface area contributed by atoms with Crippen LogP contribution in [0.5, 0.6) is 0 Å². The lowest BCUT2D eigenvalue weighted by Gasteiger charge is -2.28. The Morgan fingerprint density at radius 2 is 1.96 bits per heavy atom. The average molecular weight is 382 g/mol. The highest BCUT2D eigenvalue weighted by Crippen LogP contribution is 2.38. The van der Waals surface area contributed by atoms with Crippen LogP contribution in [0.1, 0.15) is 51.5 Å². The molecule has 0 unspecified atom stereocenters. The van der Waals surface area contributed by atoms with Crippen LogP contribution in [-0.2, 0) is 13.8 Å². The summed E-state index contributed by atoms with van der Waals surface area (Å²) in [4.78, 5) is 28.4. The third kappa shape index (κ3) is 4.95. The normalized spacial score (nSPS) is 11.6. The van der Waals surface area contributed by atoms with Gasteiger partial charge in [-0.2, -0.15) is 0 Å².